The predicted octanol–water partition coefficient (Wildman–Crippen LogP) is 3.49. The summed E-state index contributed by atoms with van der Waals surface area (Å²) >= 11 is 0. The van der Waals surface area contributed by atoms with Crippen molar-refractivity contribution in [3.8, 4) is 0 Å². The summed E-state index contributed by atoms with van der Waals surface area (Å²) in [7, 11) is 4.06. The molecule has 0 radical (unpaired) electrons. The van der Waals surface area contributed by atoms with Gasteiger partial charge in [0.25, 0.3) is 0 Å². The van der Waals surface area contributed by atoms with E-state index in [4.69, 9.17) is 4.98 Å². The second kappa shape index (κ2) is 6.06. The number of hydrogen-bond donors (Lipinski definition) is 1. The van der Waals surface area contributed by atoms with Crippen molar-refractivity contribution in [1.29, 1.82) is 0 Å². The Hall–Kier alpha value is -1.87. The lowest BCUT2D eigenvalue weighted by molar-refractivity contribution is 0.802. The van der Waals surface area contributed by atoms with Gasteiger partial charge in [-0.2, -0.15) is 0 Å². The molecule has 0 atom stereocenters. The van der Waals surface area contributed by atoms with Gasteiger partial charge in [-0.15, -0.1) is 0 Å². The number of nitrogens with one attached hydrogen (secondary N) is 1. The van der Waals surface area contributed by atoms with Gasteiger partial charge in [0.2, 0.25) is 0 Å². The average molecular weight is 269 g/mol. The molecular formula is C17H23N3. The Morgan fingerprint density at radius 3 is 2.45 bits per heavy atom. The fourth-order valence-corrected chi connectivity index (χ4v) is 2.57. The number of para-hydroxylation sites is 1. The molecule has 0 fully saturated rings. The van der Waals surface area contributed by atoms with Gasteiger partial charge in [-0.1, -0.05) is 18.2 Å². The largest absolute Gasteiger partial charge is 0.329 e. The molecule has 0 aliphatic heterocycles. The zero-order valence-electron chi connectivity index (χ0n) is 13.0. The summed E-state index contributed by atoms with van der Waals surface area (Å²) in [4.78, 5) is 6.94. The lowest BCUT2D eigenvalue weighted by atomic mass is 10.1. The van der Waals surface area contributed by atoms with Gasteiger partial charge in [0, 0.05) is 30.5 Å². The van der Waals surface area contributed by atoms with Crippen LogP contribution in [0.4, 0.5) is 11.5 Å². The summed E-state index contributed by atoms with van der Waals surface area (Å²) in [5.74, 6) is 1.03. The summed E-state index contributed by atoms with van der Waals surface area (Å²) in [6.45, 7) is 7.15. The maximum Gasteiger partial charge on any atom is 0.137 e. The average Bonchev–Trinajstić information content (AvgIpc) is 2.41. The molecule has 0 aliphatic rings. The molecule has 0 saturated heterocycles. The number of aryl methyl sites for hydroxylation is 3. The Bertz CT molecular complexity index is 605. The van der Waals surface area contributed by atoms with Crippen LogP contribution in [0.2, 0.25) is 0 Å². The number of hydrogen-bond acceptors (Lipinski definition) is 3. The maximum atomic E-state index is 4.76. The topological polar surface area (TPSA) is 28.2 Å². The first-order valence-corrected chi connectivity index (χ1v) is 6.95. The molecule has 0 bridgehead atoms. The van der Waals surface area contributed by atoms with Gasteiger partial charge >= 0.3 is 0 Å². The van der Waals surface area contributed by atoms with E-state index in [-0.39, 0.29) is 0 Å². The van der Waals surface area contributed by atoms with Gasteiger partial charge in [-0.25, -0.2) is 4.98 Å². The third-order valence-electron chi connectivity index (χ3n) is 3.60. The van der Waals surface area contributed by atoms with E-state index in [9.17, 15) is 0 Å². The minimum atomic E-state index is 0.824. The third kappa shape index (κ3) is 2.83. The highest BCUT2D eigenvalue weighted by molar-refractivity contribution is 5.66. The second-order valence-electron chi connectivity index (χ2n) is 5.26. The molecule has 1 N–H and O–H groups in total. The van der Waals surface area contributed by atoms with Crippen LogP contribution in [0.3, 0.4) is 0 Å². The van der Waals surface area contributed by atoms with Gasteiger partial charge in [0.1, 0.15) is 5.82 Å². The molecule has 3 nitrogen and oxygen atoms in total. The van der Waals surface area contributed by atoms with Crippen LogP contribution in [0.25, 0.3) is 0 Å². The quantitative estimate of drug-likeness (QED) is 0.921. The number of benzene rings is 1. The van der Waals surface area contributed by atoms with Crippen molar-refractivity contribution >= 4 is 11.5 Å². The maximum absolute atomic E-state index is 4.76. The molecule has 0 saturated carbocycles. The van der Waals surface area contributed by atoms with E-state index in [1.807, 2.05) is 14.0 Å². The van der Waals surface area contributed by atoms with E-state index >= 15 is 0 Å². The summed E-state index contributed by atoms with van der Waals surface area (Å²) in [5, 5.41) is 3.24. The van der Waals surface area contributed by atoms with Crippen molar-refractivity contribution in [2.45, 2.75) is 27.3 Å². The number of nitrogens with zero attached hydrogens (tertiary/aromatic N) is 2. The molecule has 2 aromatic rings. The highest BCUT2D eigenvalue weighted by Crippen LogP contribution is 2.29. The van der Waals surface area contributed by atoms with Crippen LogP contribution in [0.1, 0.15) is 22.4 Å². The highest BCUT2D eigenvalue weighted by atomic mass is 15.2. The van der Waals surface area contributed by atoms with E-state index in [1.165, 1.54) is 22.4 Å². The van der Waals surface area contributed by atoms with Gasteiger partial charge in [0.15, 0.2) is 0 Å². The molecule has 1 heterocycles. The van der Waals surface area contributed by atoms with Gasteiger partial charge in [-0.05, 0) is 51.1 Å². The summed E-state index contributed by atoms with van der Waals surface area (Å²) < 4.78 is 0. The van der Waals surface area contributed by atoms with Crippen molar-refractivity contribution in [3.05, 3.63) is 52.7 Å². The molecule has 0 spiro atoms. The number of pyridine rings is 1. The number of aromatic nitrogens is 1. The van der Waals surface area contributed by atoms with E-state index in [1.54, 1.807) is 0 Å². The third-order valence-corrected chi connectivity index (χ3v) is 3.60. The Kier molecular flexibility index (Phi) is 4.40. The lowest BCUT2D eigenvalue weighted by Gasteiger charge is -2.24. The SMILES string of the molecule is CNCc1c(C)cc(C)nc1N(C)c1ccccc1C. The molecule has 1 aromatic heterocycles. The molecule has 3 heteroatoms. The molecule has 0 unspecified atom stereocenters. The van der Waals surface area contributed by atoms with Crippen LogP contribution in [-0.4, -0.2) is 19.1 Å². The van der Waals surface area contributed by atoms with Gasteiger partial charge < -0.3 is 10.2 Å². The second-order valence-corrected chi connectivity index (χ2v) is 5.26. The van der Waals surface area contributed by atoms with E-state index in [0.717, 1.165) is 18.1 Å². The highest BCUT2D eigenvalue weighted by Gasteiger charge is 2.14. The first-order valence-electron chi connectivity index (χ1n) is 6.95. The van der Waals surface area contributed by atoms with Crippen LogP contribution in [0.15, 0.2) is 30.3 Å². The molecule has 106 valence electrons. The predicted molar refractivity (Wildman–Crippen MR) is 85.7 cm³/mol. The monoisotopic (exact) mass is 269 g/mol. The van der Waals surface area contributed by atoms with Crippen LogP contribution in [0, 0.1) is 20.8 Å². The Morgan fingerprint density at radius 1 is 1.10 bits per heavy atom. The molecule has 20 heavy (non-hydrogen) atoms. The minimum absolute atomic E-state index is 0.824. The Labute approximate surface area is 121 Å². The molecule has 1 aromatic carbocycles. The van der Waals surface area contributed by atoms with Crippen LogP contribution < -0.4 is 10.2 Å². The van der Waals surface area contributed by atoms with E-state index in [0.29, 0.717) is 0 Å². The first kappa shape index (κ1) is 14.5. The summed E-state index contributed by atoms with van der Waals surface area (Å²) in [5.41, 5.74) is 6.04. The molecular weight excluding hydrogens is 246 g/mol. The zero-order chi connectivity index (χ0) is 14.7. The minimum Gasteiger partial charge on any atom is -0.329 e. The van der Waals surface area contributed by atoms with Crippen molar-refractivity contribution in [3.63, 3.8) is 0 Å². The van der Waals surface area contributed by atoms with Gasteiger partial charge in [0.05, 0.1) is 0 Å². The van der Waals surface area contributed by atoms with Crippen molar-refractivity contribution in [1.82, 2.24) is 10.3 Å². The number of anilines is 2. The van der Waals surface area contributed by atoms with E-state index < -0.39 is 0 Å². The van der Waals surface area contributed by atoms with Gasteiger partial charge in [-0.3, -0.25) is 0 Å². The fraction of sp³-hybridized carbons (Fsp3) is 0.353. The van der Waals surface area contributed by atoms with Crippen LogP contribution >= 0.6 is 0 Å². The van der Waals surface area contributed by atoms with Crippen molar-refractivity contribution in [2.24, 2.45) is 0 Å². The standard InChI is InChI=1S/C17H23N3/c1-12-8-6-7-9-16(12)20(5)17-15(11-18-4)13(2)10-14(3)19-17/h6-10,18H,11H2,1-5H3. The van der Waals surface area contributed by atoms with Crippen molar-refractivity contribution in [2.75, 3.05) is 19.0 Å². The Morgan fingerprint density at radius 2 is 1.80 bits per heavy atom. The molecule has 2 rings (SSSR count). The summed E-state index contributed by atoms with van der Waals surface area (Å²) in [6.07, 6.45) is 0. The molecule has 0 aliphatic carbocycles. The normalized spacial score (nSPS) is 10.7. The smallest absolute Gasteiger partial charge is 0.137 e. The zero-order valence-corrected chi connectivity index (χ0v) is 13.0. The Balaban J connectivity index is 2.53. The van der Waals surface area contributed by atoms with Crippen molar-refractivity contribution < 1.29 is 0 Å². The van der Waals surface area contributed by atoms with Crippen LogP contribution in [0.5, 0.6) is 0 Å². The summed E-state index contributed by atoms with van der Waals surface area (Å²) in [6, 6.07) is 10.5. The van der Waals surface area contributed by atoms with E-state index in [2.05, 4.69) is 61.4 Å². The number of rotatable bonds is 4. The molecule has 0 amide bonds. The lowest BCUT2D eigenvalue weighted by Crippen LogP contribution is -2.18. The van der Waals surface area contributed by atoms with Crippen LogP contribution in [-0.2, 0) is 6.54 Å². The fourth-order valence-electron chi connectivity index (χ4n) is 2.57. The first-order chi connectivity index (χ1) is 9.54.